The fourth-order valence-electron chi connectivity index (χ4n) is 2.28. The molecule has 0 heterocycles. The van der Waals surface area contributed by atoms with Gasteiger partial charge in [-0.3, -0.25) is 5.84 Å². The van der Waals surface area contributed by atoms with Gasteiger partial charge in [0.1, 0.15) is 5.75 Å². The lowest BCUT2D eigenvalue weighted by atomic mass is 9.99. The molecule has 0 aromatic heterocycles. The lowest BCUT2D eigenvalue weighted by Gasteiger charge is -2.20. The predicted molar refractivity (Wildman–Crippen MR) is 89.6 cm³/mol. The van der Waals surface area contributed by atoms with Crippen LogP contribution in [0.2, 0.25) is 0 Å². The second-order valence-corrected chi connectivity index (χ2v) is 5.93. The maximum atomic E-state index is 5.79. The Morgan fingerprint density at radius 3 is 2.29 bits per heavy atom. The predicted octanol–water partition coefficient (Wildman–Crippen LogP) is 3.75. The van der Waals surface area contributed by atoms with Gasteiger partial charge < -0.3 is 4.74 Å². The summed E-state index contributed by atoms with van der Waals surface area (Å²) < 4.78 is 5.68. The van der Waals surface area contributed by atoms with Crippen molar-refractivity contribution in [1.29, 1.82) is 0 Å². The van der Waals surface area contributed by atoms with Crippen molar-refractivity contribution in [3.05, 3.63) is 59.7 Å². The summed E-state index contributed by atoms with van der Waals surface area (Å²) in [5, 5.41) is 0. The lowest BCUT2D eigenvalue weighted by Crippen LogP contribution is -2.29. The fraction of sp³-hybridized carbons (Fsp3) is 0.294. The van der Waals surface area contributed by atoms with E-state index in [-0.39, 0.29) is 12.1 Å². The summed E-state index contributed by atoms with van der Waals surface area (Å²) in [4.78, 5) is 1.22. The van der Waals surface area contributed by atoms with Crippen molar-refractivity contribution < 1.29 is 4.74 Å². The molecular formula is C17H22N2OS. The maximum Gasteiger partial charge on any atom is 0.119 e. The van der Waals surface area contributed by atoms with Gasteiger partial charge in [-0.05, 0) is 49.4 Å². The van der Waals surface area contributed by atoms with Crippen molar-refractivity contribution in [3.63, 3.8) is 0 Å². The third-order valence-electron chi connectivity index (χ3n) is 3.20. The zero-order valence-electron chi connectivity index (χ0n) is 12.7. The molecule has 0 saturated carbocycles. The molecular weight excluding hydrogens is 280 g/mol. The Balaban J connectivity index is 2.29. The number of nitrogens with one attached hydrogen (secondary N) is 1. The van der Waals surface area contributed by atoms with E-state index in [1.54, 1.807) is 11.8 Å². The van der Waals surface area contributed by atoms with Crippen LogP contribution in [0.1, 0.15) is 31.0 Å². The average molecular weight is 302 g/mol. The first-order valence-corrected chi connectivity index (χ1v) is 8.24. The van der Waals surface area contributed by atoms with E-state index in [2.05, 4.69) is 35.9 Å². The van der Waals surface area contributed by atoms with E-state index in [1.165, 1.54) is 10.5 Å². The van der Waals surface area contributed by atoms with Gasteiger partial charge in [0.2, 0.25) is 0 Å². The fourth-order valence-corrected chi connectivity index (χ4v) is 2.92. The number of benzene rings is 2. The molecule has 0 spiro atoms. The Morgan fingerprint density at radius 2 is 1.71 bits per heavy atom. The van der Waals surface area contributed by atoms with Crippen LogP contribution < -0.4 is 16.0 Å². The summed E-state index contributed by atoms with van der Waals surface area (Å²) in [6, 6.07) is 16.4. The van der Waals surface area contributed by atoms with Crippen LogP contribution in [0.15, 0.2) is 53.4 Å². The van der Waals surface area contributed by atoms with Crippen LogP contribution in [-0.4, -0.2) is 12.4 Å². The van der Waals surface area contributed by atoms with E-state index in [0.717, 1.165) is 11.3 Å². The quantitative estimate of drug-likeness (QED) is 0.485. The van der Waals surface area contributed by atoms with Gasteiger partial charge in [-0.2, -0.15) is 0 Å². The number of hydrogen-bond acceptors (Lipinski definition) is 4. The Kier molecular flexibility index (Phi) is 5.67. The van der Waals surface area contributed by atoms with Gasteiger partial charge in [0.05, 0.1) is 12.1 Å². The Hall–Kier alpha value is -1.49. The number of hydrazine groups is 1. The first-order chi connectivity index (χ1) is 10.2. The van der Waals surface area contributed by atoms with Crippen molar-refractivity contribution in [2.45, 2.75) is 30.9 Å². The minimum absolute atomic E-state index is 0.0262. The van der Waals surface area contributed by atoms with E-state index < -0.39 is 0 Å². The van der Waals surface area contributed by atoms with Crippen LogP contribution in [0.4, 0.5) is 0 Å². The van der Waals surface area contributed by atoms with Crippen LogP contribution in [0.3, 0.4) is 0 Å². The molecule has 0 aliphatic rings. The molecule has 0 radical (unpaired) electrons. The highest BCUT2D eigenvalue weighted by Crippen LogP contribution is 2.30. The van der Waals surface area contributed by atoms with Crippen LogP contribution in [0.25, 0.3) is 0 Å². The summed E-state index contributed by atoms with van der Waals surface area (Å²) in [5.41, 5.74) is 5.22. The first-order valence-electron chi connectivity index (χ1n) is 7.01. The molecule has 0 aliphatic heterocycles. The molecule has 112 valence electrons. The molecule has 1 atom stereocenters. The largest absolute Gasteiger partial charge is 0.491 e. The van der Waals surface area contributed by atoms with Crippen molar-refractivity contribution in [1.82, 2.24) is 5.43 Å². The van der Waals surface area contributed by atoms with Gasteiger partial charge in [-0.15, -0.1) is 11.8 Å². The van der Waals surface area contributed by atoms with E-state index in [4.69, 9.17) is 10.6 Å². The first kappa shape index (κ1) is 15.9. The van der Waals surface area contributed by atoms with Crippen LogP contribution in [0.5, 0.6) is 5.75 Å². The molecule has 21 heavy (non-hydrogen) atoms. The highest BCUT2D eigenvalue weighted by Gasteiger charge is 2.15. The van der Waals surface area contributed by atoms with Crippen molar-refractivity contribution >= 4 is 11.8 Å². The van der Waals surface area contributed by atoms with Crippen LogP contribution >= 0.6 is 11.8 Å². The molecule has 0 bridgehead atoms. The molecule has 0 amide bonds. The molecule has 2 aromatic carbocycles. The zero-order chi connectivity index (χ0) is 15.2. The molecule has 2 aromatic rings. The Labute approximate surface area is 130 Å². The number of ether oxygens (including phenoxy) is 1. The summed E-state index contributed by atoms with van der Waals surface area (Å²) in [6.07, 6.45) is 2.25. The highest BCUT2D eigenvalue weighted by molar-refractivity contribution is 7.98. The van der Waals surface area contributed by atoms with E-state index in [0.29, 0.717) is 0 Å². The third kappa shape index (κ3) is 4.00. The molecule has 0 fully saturated rings. The second kappa shape index (κ2) is 7.50. The van der Waals surface area contributed by atoms with Crippen molar-refractivity contribution in [2.75, 3.05) is 6.26 Å². The van der Waals surface area contributed by atoms with Gasteiger partial charge >= 0.3 is 0 Å². The Morgan fingerprint density at radius 1 is 1.05 bits per heavy atom. The number of nitrogens with two attached hydrogens (primary N) is 1. The second-order valence-electron chi connectivity index (χ2n) is 5.08. The summed E-state index contributed by atoms with van der Waals surface area (Å²) in [7, 11) is 0. The Bertz CT molecular complexity index is 569. The van der Waals surface area contributed by atoms with E-state index in [1.807, 2.05) is 38.1 Å². The normalized spacial score (nSPS) is 12.4. The highest BCUT2D eigenvalue weighted by atomic mass is 32.2. The summed E-state index contributed by atoms with van der Waals surface area (Å²) in [6.45, 7) is 4.04. The topological polar surface area (TPSA) is 47.3 Å². The summed E-state index contributed by atoms with van der Waals surface area (Å²) in [5.74, 6) is 6.67. The molecule has 2 rings (SSSR count). The summed E-state index contributed by atoms with van der Waals surface area (Å²) >= 11 is 1.73. The van der Waals surface area contributed by atoms with Crippen LogP contribution in [-0.2, 0) is 0 Å². The molecule has 4 heteroatoms. The minimum Gasteiger partial charge on any atom is -0.491 e. The van der Waals surface area contributed by atoms with Gasteiger partial charge in [0.25, 0.3) is 0 Å². The molecule has 0 aliphatic carbocycles. The lowest BCUT2D eigenvalue weighted by molar-refractivity contribution is 0.242. The SMILES string of the molecule is CSc1ccccc1C(NN)c1ccc(OC(C)C)cc1. The van der Waals surface area contributed by atoms with Gasteiger partial charge in [0.15, 0.2) is 0 Å². The van der Waals surface area contributed by atoms with Gasteiger partial charge in [-0.25, -0.2) is 5.43 Å². The molecule has 1 unspecified atom stereocenters. The molecule has 0 saturated heterocycles. The standard InChI is InChI=1S/C17H22N2OS/c1-12(2)20-14-10-8-13(9-11-14)17(19-18)15-6-4-5-7-16(15)21-3/h4-12,17,19H,18H2,1-3H3. The van der Waals surface area contributed by atoms with Gasteiger partial charge in [-0.1, -0.05) is 30.3 Å². The van der Waals surface area contributed by atoms with Crippen LogP contribution in [0, 0.1) is 0 Å². The van der Waals surface area contributed by atoms with E-state index in [9.17, 15) is 0 Å². The zero-order valence-corrected chi connectivity index (χ0v) is 13.5. The number of rotatable bonds is 6. The smallest absolute Gasteiger partial charge is 0.119 e. The number of thioether (sulfide) groups is 1. The minimum atomic E-state index is -0.0262. The third-order valence-corrected chi connectivity index (χ3v) is 4.01. The molecule has 3 N–H and O–H groups in total. The monoisotopic (exact) mass is 302 g/mol. The van der Waals surface area contributed by atoms with Gasteiger partial charge in [0, 0.05) is 4.90 Å². The number of hydrogen-bond donors (Lipinski definition) is 2. The van der Waals surface area contributed by atoms with E-state index >= 15 is 0 Å². The van der Waals surface area contributed by atoms with Crippen molar-refractivity contribution in [2.24, 2.45) is 5.84 Å². The van der Waals surface area contributed by atoms with Crippen molar-refractivity contribution in [3.8, 4) is 5.75 Å². The molecule has 3 nitrogen and oxygen atoms in total. The maximum absolute atomic E-state index is 5.79. The average Bonchev–Trinajstić information content (AvgIpc) is 2.49.